The van der Waals surface area contributed by atoms with Crippen molar-refractivity contribution in [2.24, 2.45) is 0 Å². The number of aromatic nitrogens is 1. The molecule has 0 radical (unpaired) electrons. The summed E-state index contributed by atoms with van der Waals surface area (Å²) in [6, 6.07) is 4.83. The van der Waals surface area contributed by atoms with Gasteiger partial charge in [-0.15, -0.1) is 0 Å². The Hall–Kier alpha value is -0.600. The van der Waals surface area contributed by atoms with E-state index in [1.54, 1.807) is 6.20 Å². The van der Waals surface area contributed by atoms with Crippen LogP contribution >= 0.6 is 11.6 Å². The van der Waals surface area contributed by atoms with Gasteiger partial charge in [-0.05, 0) is 37.5 Å². The highest BCUT2D eigenvalue weighted by Crippen LogP contribution is 2.16. The minimum atomic E-state index is 0.329. The lowest BCUT2D eigenvalue weighted by Crippen LogP contribution is -2.30. The maximum atomic E-state index is 5.85. The molecule has 0 bridgehead atoms. The van der Waals surface area contributed by atoms with Crippen LogP contribution in [-0.4, -0.2) is 11.0 Å². The highest BCUT2D eigenvalue weighted by Gasteiger charge is 2.10. The van der Waals surface area contributed by atoms with E-state index in [2.05, 4.69) is 31.1 Å². The van der Waals surface area contributed by atoms with E-state index >= 15 is 0 Å². The minimum absolute atomic E-state index is 0.329. The lowest BCUT2D eigenvalue weighted by atomic mass is 10.1. The number of rotatable bonds is 5. The summed E-state index contributed by atoms with van der Waals surface area (Å²) in [6.07, 6.45) is 4.06. The summed E-state index contributed by atoms with van der Waals surface area (Å²) in [6.45, 7) is 6.56. The number of halogens is 1. The number of nitrogens with zero attached hydrogens (tertiary/aromatic N) is 1. The molecule has 1 aromatic rings. The topological polar surface area (TPSA) is 24.9 Å². The first-order chi connectivity index (χ1) is 7.17. The lowest BCUT2D eigenvalue weighted by Gasteiger charge is -2.21. The summed E-state index contributed by atoms with van der Waals surface area (Å²) in [5.74, 6) is 0. The predicted octanol–water partition coefficient (Wildman–Crippen LogP) is 3.57. The van der Waals surface area contributed by atoms with Gasteiger partial charge >= 0.3 is 0 Å². The second kappa shape index (κ2) is 6.09. The molecule has 3 heteroatoms. The zero-order valence-electron chi connectivity index (χ0n) is 9.63. The lowest BCUT2D eigenvalue weighted by molar-refractivity contribution is 0.432. The summed E-state index contributed by atoms with van der Waals surface area (Å²) in [4.78, 5) is 3.98. The van der Waals surface area contributed by atoms with Gasteiger partial charge in [0.1, 0.15) is 5.15 Å². The number of hydrogen-bond acceptors (Lipinski definition) is 2. The fraction of sp³-hybridized carbons (Fsp3) is 0.583. The molecule has 15 heavy (non-hydrogen) atoms. The van der Waals surface area contributed by atoms with Crippen molar-refractivity contribution in [2.45, 2.75) is 45.7 Å². The Labute approximate surface area is 97.1 Å². The Kier molecular flexibility index (Phi) is 5.06. The fourth-order valence-electron chi connectivity index (χ4n) is 1.66. The zero-order valence-corrected chi connectivity index (χ0v) is 10.4. The Morgan fingerprint density at radius 2 is 2.07 bits per heavy atom. The highest BCUT2D eigenvalue weighted by molar-refractivity contribution is 6.29. The van der Waals surface area contributed by atoms with E-state index in [0.29, 0.717) is 17.2 Å². The molecule has 1 N–H and O–H groups in total. The molecule has 0 aliphatic rings. The predicted molar refractivity (Wildman–Crippen MR) is 65.2 cm³/mol. The van der Waals surface area contributed by atoms with Crippen LogP contribution in [0, 0.1) is 0 Å². The van der Waals surface area contributed by atoms with Gasteiger partial charge in [0.25, 0.3) is 0 Å². The number of nitrogens with one attached hydrogen (secondary N) is 1. The molecule has 0 aromatic carbocycles. The van der Waals surface area contributed by atoms with Crippen LogP contribution in [0.4, 0.5) is 0 Å². The molecule has 1 heterocycles. The van der Waals surface area contributed by atoms with Gasteiger partial charge < -0.3 is 5.32 Å². The monoisotopic (exact) mass is 226 g/mol. The molecular formula is C12H19ClN2. The fourth-order valence-corrected chi connectivity index (χ4v) is 1.84. The van der Waals surface area contributed by atoms with Crippen LogP contribution in [-0.2, 0) is 0 Å². The quantitative estimate of drug-likeness (QED) is 0.777. The van der Waals surface area contributed by atoms with Crippen LogP contribution in [0.25, 0.3) is 0 Å². The molecule has 1 atom stereocenters. The summed E-state index contributed by atoms with van der Waals surface area (Å²) >= 11 is 5.85. The van der Waals surface area contributed by atoms with Crippen molar-refractivity contribution >= 4 is 11.6 Å². The van der Waals surface area contributed by atoms with E-state index in [-0.39, 0.29) is 0 Å². The van der Waals surface area contributed by atoms with E-state index in [9.17, 15) is 0 Å². The van der Waals surface area contributed by atoms with Gasteiger partial charge in [0.15, 0.2) is 0 Å². The van der Waals surface area contributed by atoms with Crippen molar-refractivity contribution in [3.63, 3.8) is 0 Å². The molecule has 0 saturated heterocycles. The molecule has 0 saturated carbocycles. The normalized spacial score (nSPS) is 13.1. The van der Waals surface area contributed by atoms with Crippen molar-refractivity contribution in [3.05, 3.63) is 29.0 Å². The first-order valence-electron chi connectivity index (χ1n) is 5.54. The molecule has 1 unspecified atom stereocenters. The number of hydrogen-bond donors (Lipinski definition) is 1. The summed E-state index contributed by atoms with van der Waals surface area (Å²) in [7, 11) is 0. The SMILES string of the molecule is CCC(CC)NC(C)c1ccnc(Cl)c1. The van der Waals surface area contributed by atoms with Crippen LogP contribution in [0.15, 0.2) is 18.3 Å². The van der Waals surface area contributed by atoms with Crippen LogP contribution < -0.4 is 5.32 Å². The van der Waals surface area contributed by atoms with Crippen molar-refractivity contribution in [3.8, 4) is 0 Å². The van der Waals surface area contributed by atoms with E-state index in [1.165, 1.54) is 5.56 Å². The van der Waals surface area contributed by atoms with E-state index in [1.807, 2.05) is 12.1 Å². The maximum absolute atomic E-state index is 5.85. The van der Waals surface area contributed by atoms with Crippen molar-refractivity contribution in [2.75, 3.05) is 0 Å². The highest BCUT2D eigenvalue weighted by atomic mass is 35.5. The maximum Gasteiger partial charge on any atom is 0.129 e. The average Bonchev–Trinajstić information content (AvgIpc) is 2.25. The first-order valence-corrected chi connectivity index (χ1v) is 5.92. The van der Waals surface area contributed by atoms with Crippen LogP contribution in [0.3, 0.4) is 0 Å². The number of pyridine rings is 1. The molecule has 0 spiro atoms. The molecule has 0 aliphatic carbocycles. The first kappa shape index (κ1) is 12.5. The Morgan fingerprint density at radius 1 is 1.40 bits per heavy atom. The Balaban J connectivity index is 2.64. The van der Waals surface area contributed by atoms with Crippen molar-refractivity contribution in [1.29, 1.82) is 0 Å². The van der Waals surface area contributed by atoms with E-state index in [4.69, 9.17) is 11.6 Å². The van der Waals surface area contributed by atoms with E-state index < -0.39 is 0 Å². The third-order valence-electron chi connectivity index (χ3n) is 2.72. The third-order valence-corrected chi connectivity index (χ3v) is 2.93. The molecule has 1 aromatic heterocycles. The Bertz CT molecular complexity index is 297. The van der Waals surface area contributed by atoms with Crippen LogP contribution in [0.1, 0.15) is 45.2 Å². The molecule has 0 fully saturated rings. The third kappa shape index (κ3) is 3.80. The smallest absolute Gasteiger partial charge is 0.129 e. The molecule has 84 valence electrons. The second-order valence-electron chi connectivity index (χ2n) is 3.81. The molecule has 0 amide bonds. The standard InChI is InChI=1S/C12H19ClN2/c1-4-11(5-2)15-9(3)10-6-7-14-12(13)8-10/h6-9,11,15H,4-5H2,1-3H3. The minimum Gasteiger partial charge on any atom is -0.307 e. The molecule has 1 rings (SSSR count). The van der Waals surface area contributed by atoms with Gasteiger partial charge in [-0.2, -0.15) is 0 Å². The average molecular weight is 227 g/mol. The summed E-state index contributed by atoms with van der Waals surface area (Å²) in [5, 5.41) is 4.13. The molecular weight excluding hydrogens is 208 g/mol. The van der Waals surface area contributed by atoms with Crippen molar-refractivity contribution < 1.29 is 0 Å². The second-order valence-corrected chi connectivity index (χ2v) is 4.20. The van der Waals surface area contributed by atoms with Gasteiger partial charge in [0.05, 0.1) is 0 Å². The Morgan fingerprint density at radius 3 is 2.60 bits per heavy atom. The van der Waals surface area contributed by atoms with Gasteiger partial charge in [-0.25, -0.2) is 4.98 Å². The van der Waals surface area contributed by atoms with Gasteiger partial charge in [-0.3, -0.25) is 0 Å². The largest absolute Gasteiger partial charge is 0.307 e. The van der Waals surface area contributed by atoms with Crippen LogP contribution in [0.2, 0.25) is 5.15 Å². The summed E-state index contributed by atoms with van der Waals surface area (Å²) < 4.78 is 0. The summed E-state index contributed by atoms with van der Waals surface area (Å²) in [5.41, 5.74) is 1.20. The van der Waals surface area contributed by atoms with E-state index in [0.717, 1.165) is 12.8 Å². The van der Waals surface area contributed by atoms with Crippen molar-refractivity contribution in [1.82, 2.24) is 10.3 Å². The van der Waals surface area contributed by atoms with Gasteiger partial charge in [0, 0.05) is 18.3 Å². The van der Waals surface area contributed by atoms with Gasteiger partial charge in [-0.1, -0.05) is 25.4 Å². The zero-order chi connectivity index (χ0) is 11.3. The molecule has 2 nitrogen and oxygen atoms in total. The molecule has 0 aliphatic heterocycles. The van der Waals surface area contributed by atoms with Crippen LogP contribution in [0.5, 0.6) is 0 Å². The van der Waals surface area contributed by atoms with Gasteiger partial charge in [0.2, 0.25) is 0 Å².